The summed E-state index contributed by atoms with van der Waals surface area (Å²) < 4.78 is 38.4. The van der Waals surface area contributed by atoms with Gasteiger partial charge >= 0.3 is 0 Å². The number of carbonyl (C=O) groups excluding carboxylic acids is 2. The quantitative estimate of drug-likeness (QED) is 0.174. The molecular formula is C36H61N2O10Y-. The maximum atomic E-state index is 14.3. The molecule has 13 heteroatoms. The number of esters is 1. The minimum atomic E-state index is -1.65. The summed E-state index contributed by atoms with van der Waals surface area (Å²) in [6, 6.07) is -0.0184. The number of fused-ring (bicyclic) bond motifs is 5. The van der Waals surface area contributed by atoms with E-state index in [1.165, 1.54) is 6.92 Å². The van der Waals surface area contributed by atoms with Crippen LogP contribution in [0.25, 0.3) is 0 Å². The van der Waals surface area contributed by atoms with Crippen molar-refractivity contribution in [3.8, 4) is 0 Å². The normalized spacial score (nSPS) is 41.0. The van der Waals surface area contributed by atoms with E-state index in [9.17, 15) is 14.7 Å². The molecule has 12 nitrogen and oxygen atoms in total. The summed E-state index contributed by atoms with van der Waals surface area (Å²) in [5.41, 5.74) is -1.55. The number of methoxy groups -OCH3 is 1. The van der Waals surface area contributed by atoms with Crippen LogP contribution in [0.1, 0.15) is 81.6 Å². The van der Waals surface area contributed by atoms with Gasteiger partial charge in [-0.2, -0.15) is 6.92 Å². The molecule has 0 aromatic rings. The topological polar surface area (TPSA) is 135 Å². The molecule has 0 aromatic heterocycles. The molecule has 0 aliphatic carbocycles. The number of hydrogen-bond donors (Lipinski definition) is 1. The summed E-state index contributed by atoms with van der Waals surface area (Å²) in [6.45, 7) is 21.1. The molecule has 0 saturated carbocycles. The second-order valence-electron chi connectivity index (χ2n) is 14.5. The Labute approximate surface area is 319 Å². The Morgan fingerprint density at radius 2 is 1.76 bits per heavy atom. The van der Waals surface area contributed by atoms with Gasteiger partial charge in [-0.1, -0.05) is 45.0 Å². The molecule has 3 aliphatic rings. The fourth-order valence-electron chi connectivity index (χ4n) is 7.57. The maximum absolute atomic E-state index is 14.3. The average Bonchev–Trinajstić information content (AvgIpc) is 3.05. The summed E-state index contributed by atoms with van der Waals surface area (Å²) >= 11 is 0. The first kappa shape index (κ1) is 44.2. The van der Waals surface area contributed by atoms with Crippen molar-refractivity contribution in [1.82, 2.24) is 4.90 Å². The Morgan fingerprint density at radius 1 is 1.10 bits per heavy atom. The summed E-state index contributed by atoms with van der Waals surface area (Å²) in [5, 5.41) is 16.4. The van der Waals surface area contributed by atoms with Crippen molar-refractivity contribution in [3.63, 3.8) is 0 Å². The van der Waals surface area contributed by atoms with Crippen LogP contribution in [0.3, 0.4) is 0 Å². The van der Waals surface area contributed by atoms with Crippen LogP contribution in [0.2, 0.25) is 0 Å². The molecule has 2 bridgehead atoms. The molecule has 1 N–H and O–H groups in total. The predicted octanol–water partition coefficient (Wildman–Crippen LogP) is 4.12. The van der Waals surface area contributed by atoms with Gasteiger partial charge in [0.15, 0.2) is 12.3 Å². The minimum Gasteiger partial charge on any atom is -0.481 e. The number of nitrogens with zero attached hydrogens (tertiary/aromatic N) is 2. The molecule has 49 heavy (non-hydrogen) atoms. The van der Waals surface area contributed by atoms with Crippen LogP contribution in [0.4, 0.5) is 0 Å². The Hall–Kier alpha value is -0.956. The van der Waals surface area contributed by atoms with E-state index >= 15 is 0 Å². The number of likely N-dealkylation sites (N-methyl/N-ethyl adjacent to an activating group) is 1. The zero-order valence-electron chi connectivity index (χ0n) is 31.8. The van der Waals surface area contributed by atoms with Gasteiger partial charge in [0.2, 0.25) is 0 Å². The van der Waals surface area contributed by atoms with E-state index in [4.69, 9.17) is 33.3 Å². The van der Waals surface area contributed by atoms with Gasteiger partial charge in [-0.15, -0.1) is 0 Å². The number of ketones is 1. The number of aliphatic hydroxyl groups is 1. The monoisotopic (exact) mass is 770 g/mol. The molecular weight excluding hydrogens is 709 g/mol. The van der Waals surface area contributed by atoms with E-state index in [-0.39, 0.29) is 82.2 Å². The minimum absolute atomic E-state index is 0. The predicted molar refractivity (Wildman–Crippen MR) is 181 cm³/mol. The summed E-state index contributed by atoms with van der Waals surface area (Å²) in [6.07, 6.45) is -2.86. The standard InChI is InChI=1S/C36H61N2O10.Y/c1-14-28-36(10,41)32-23(6)22(5)20(3)17-35(9,44-19-26(18-43-32)37-45-15-2)31(24(7)29(39)25(8)33(40)47-28)48-34-30(42-13)27(38(11)12)16-21(4)46-34;/h20-21,23-24,27-28,30-32,34,41H,5,14-19H2,1-4,6-13H3;/q-1;/b37-26+;/t20-,21-,23+,24+,27+,28-,30-,31-,32-,34?,35-,36-;/m1./s1. The SMILES string of the molecule is C=C1[C@H](C)C[C@@]2(C)OC/C(=N/OCC)CO[C@H]([C@H]1C)[C@](C)(O)[C@@H](CC)OC(=O)[C-](C)C(=O)[C@H](C)[C@H]2OC1O[C@H](C)C[C@H](N(C)C)[C@H]1OC.[Y]. The second-order valence-corrected chi connectivity index (χ2v) is 14.5. The van der Waals surface area contributed by atoms with Gasteiger partial charge in [-0.05, 0) is 67.0 Å². The van der Waals surface area contributed by atoms with Crippen LogP contribution >= 0.6 is 0 Å². The van der Waals surface area contributed by atoms with E-state index in [2.05, 4.69) is 16.6 Å². The second kappa shape index (κ2) is 18.7. The first-order valence-electron chi connectivity index (χ1n) is 17.4. The van der Waals surface area contributed by atoms with Gasteiger partial charge in [0, 0.05) is 63.5 Å². The molecule has 0 amide bonds. The summed E-state index contributed by atoms with van der Waals surface area (Å²) in [5.74, 6) is -2.82. The van der Waals surface area contributed by atoms with Crippen molar-refractivity contribution in [2.45, 2.75) is 136 Å². The van der Waals surface area contributed by atoms with Crippen molar-refractivity contribution >= 4 is 17.5 Å². The molecule has 0 spiro atoms. The fraction of sp³-hybridized carbons (Fsp3) is 0.833. The number of cyclic esters (lactones) is 1. The zero-order valence-corrected chi connectivity index (χ0v) is 34.7. The van der Waals surface area contributed by atoms with Crippen LogP contribution in [0.15, 0.2) is 17.3 Å². The molecule has 12 atom stereocenters. The largest absolute Gasteiger partial charge is 0.481 e. The van der Waals surface area contributed by atoms with Crippen molar-refractivity contribution in [1.29, 1.82) is 0 Å². The van der Waals surface area contributed by atoms with Gasteiger partial charge in [0.1, 0.15) is 30.1 Å². The van der Waals surface area contributed by atoms with E-state index in [1.807, 2.05) is 55.6 Å². The molecule has 0 aromatic carbocycles. The Bertz CT molecular complexity index is 1150. The van der Waals surface area contributed by atoms with Crippen molar-refractivity contribution in [2.75, 3.05) is 41.0 Å². The Kier molecular flexibility index (Phi) is 16.9. The third kappa shape index (κ3) is 10.1. The third-order valence-electron chi connectivity index (χ3n) is 10.5. The van der Waals surface area contributed by atoms with Crippen LogP contribution in [0.5, 0.6) is 0 Å². The Balaban J connectivity index is 0.00000833. The van der Waals surface area contributed by atoms with E-state index < -0.39 is 59.6 Å². The van der Waals surface area contributed by atoms with Crippen LogP contribution in [-0.4, -0.2) is 123 Å². The number of ether oxygens (including phenoxy) is 6. The third-order valence-corrected chi connectivity index (χ3v) is 10.5. The molecule has 1 unspecified atom stereocenters. The summed E-state index contributed by atoms with van der Waals surface area (Å²) in [7, 11) is 5.60. The van der Waals surface area contributed by atoms with Gasteiger partial charge in [0.25, 0.3) is 0 Å². The van der Waals surface area contributed by atoms with Gasteiger partial charge in [0.05, 0.1) is 37.1 Å². The number of rotatable bonds is 7. The fourth-order valence-corrected chi connectivity index (χ4v) is 7.57. The number of Topliss-reactive ketones (excluding diaryl/α,β-unsaturated/α-hetero) is 1. The molecule has 3 fully saturated rings. The van der Waals surface area contributed by atoms with Crippen LogP contribution in [0, 0.1) is 23.7 Å². The molecule has 279 valence electrons. The molecule has 1 radical (unpaired) electrons. The first-order chi connectivity index (χ1) is 22.4. The summed E-state index contributed by atoms with van der Waals surface area (Å²) in [4.78, 5) is 35.4. The van der Waals surface area contributed by atoms with Gasteiger partial charge in [-0.3, -0.25) is 4.79 Å². The maximum Gasteiger partial charge on any atom is 0.186 e. The van der Waals surface area contributed by atoms with E-state index in [0.29, 0.717) is 18.7 Å². The van der Waals surface area contributed by atoms with E-state index in [0.717, 1.165) is 12.0 Å². The average molecular weight is 771 g/mol. The smallest absolute Gasteiger partial charge is 0.186 e. The zero-order chi connectivity index (χ0) is 36.1. The van der Waals surface area contributed by atoms with Crippen LogP contribution < -0.4 is 0 Å². The molecule has 3 heterocycles. The number of oxime groups is 1. The van der Waals surface area contributed by atoms with Crippen LogP contribution in [-0.2, 0) is 75.6 Å². The molecule has 3 saturated heterocycles. The molecule has 3 rings (SSSR count). The van der Waals surface area contributed by atoms with Gasteiger partial charge in [-0.25, -0.2) is 5.92 Å². The van der Waals surface area contributed by atoms with Crippen molar-refractivity contribution < 1.29 is 80.7 Å². The van der Waals surface area contributed by atoms with Crippen molar-refractivity contribution in [2.24, 2.45) is 22.9 Å². The van der Waals surface area contributed by atoms with Crippen molar-refractivity contribution in [3.05, 3.63) is 18.1 Å². The molecule has 3 aliphatic heterocycles. The van der Waals surface area contributed by atoms with Gasteiger partial charge < -0.3 is 48.1 Å². The number of hydrogen-bond acceptors (Lipinski definition) is 12. The van der Waals surface area contributed by atoms with E-state index in [1.54, 1.807) is 21.0 Å². The first-order valence-corrected chi connectivity index (χ1v) is 17.4. The number of carbonyl (C=O) groups is 2. The Morgan fingerprint density at radius 3 is 2.33 bits per heavy atom.